The first kappa shape index (κ1) is 12.7. The van der Waals surface area contributed by atoms with Gasteiger partial charge in [-0.05, 0) is 12.1 Å². The van der Waals surface area contributed by atoms with E-state index in [1.165, 1.54) is 19.1 Å². The lowest BCUT2D eigenvalue weighted by Gasteiger charge is -2.23. The molecule has 0 N–H and O–H groups in total. The Labute approximate surface area is 113 Å². The minimum atomic E-state index is -3.94. The van der Waals surface area contributed by atoms with Crippen LogP contribution in [0.4, 0.5) is 0 Å². The van der Waals surface area contributed by atoms with E-state index >= 15 is 0 Å². The Bertz CT molecular complexity index is 683. The van der Waals surface area contributed by atoms with Gasteiger partial charge >= 0.3 is 0 Å². The number of Topliss-reactive ketones (excluding diaryl/α,β-unsaturated/α-hetero) is 1. The van der Waals surface area contributed by atoms with E-state index in [1.807, 2.05) is 0 Å². The average molecular weight is 305 g/mol. The number of fused-ring (bicyclic) bond motifs is 1. The summed E-state index contributed by atoms with van der Waals surface area (Å²) in [5.74, 6) is -1.35. The van der Waals surface area contributed by atoms with Crippen molar-refractivity contribution in [2.75, 3.05) is 6.79 Å². The molecule has 0 radical (unpaired) electrons. The summed E-state index contributed by atoms with van der Waals surface area (Å²) in [5.41, 5.74) is 0.308. The lowest BCUT2D eigenvalue weighted by atomic mass is 10.0. The van der Waals surface area contributed by atoms with Crippen LogP contribution in [-0.4, -0.2) is 26.8 Å². The predicted octanol–water partition coefficient (Wildman–Crippen LogP) is 1.20. The molecule has 0 fully saturated rings. The minimum Gasteiger partial charge on any atom is -0.463 e. The van der Waals surface area contributed by atoms with E-state index in [0.717, 1.165) is 0 Å². The largest absolute Gasteiger partial charge is 0.463 e. The van der Waals surface area contributed by atoms with Crippen LogP contribution in [0.5, 0.6) is 11.5 Å². The molecule has 2 bridgehead atoms. The molecule has 0 amide bonds. The molecule has 8 heteroatoms. The van der Waals surface area contributed by atoms with Crippen molar-refractivity contribution in [3.8, 4) is 11.5 Å². The van der Waals surface area contributed by atoms with Crippen LogP contribution in [0, 0.1) is 0 Å². The molecule has 1 aromatic rings. The van der Waals surface area contributed by atoms with Crippen molar-refractivity contribution in [1.29, 1.82) is 0 Å². The Morgan fingerprint density at radius 2 is 2.16 bits per heavy atom. The molecule has 2 aliphatic rings. The average Bonchev–Trinajstić information content (AvgIpc) is 2.57. The van der Waals surface area contributed by atoms with Crippen molar-refractivity contribution >= 4 is 25.5 Å². The third-order valence-corrected chi connectivity index (χ3v) is 4.57. The lowest BCUT2D eigenvalue weighted by Crippen LogP contribution is -2.45. The molecule has 2 aliphatic heterocycles. The zero-order valence-corrected chi connectivity index (χ0v) is 11.4. The first-order valence-electron chi connectivity index (χ1n) is 5.41. The van der Waals surface area contributed by atoms with E-state index in [-0.39, 0.29) is 29.6 Å². The van der Waals surface area contributed by atoms with Gasteiger partial charge in [0.05, 0.1) is 11.3 Å². The third kappa shape index (κ3) is 1.80. The molecule has 19 heavy (non-hydrogen) atoms. The molecule has 3 rings (SSSR count). The van der Waals surface area contributed by atoms with Crippen LogP contribution in [0.3, 0.4) is 0 Å². The SMILES string of the molecule is CC(=O)C12Cc3c(S(=O)(=O)Cl)ccc(c3O1)OCO2. The third-order valence-electron chi connectivity index (χ3n) is 3.16. The Balaban J connectivity index is 2.25. The highest BCUT2D eigenvalue weighted by molar-refractivity contribution is 8.13. The fourth-order valence-corrected chi connectivity index (χ4v) is 3.33. The van der Waals surface area contributed by atoms with Gasteiger partial charge in [-0.2, -0.15) is 0 Å². The van der Waals surface area contributed by atoms with Crippen LogP contribution in [0.2, 0.25) is 0 Å². The van der Waals surface area contributed by atoms with Gasteiger partial charge in [0.1, 0.15) is 0 Å². The maximum Gasteiger partial charge on any atom is 0.277 e. The number of carbonyl (C=O) groups is 1. The molecule has 0 aliphatic carbocycles. The number of ether oxygens (including phenoxy) is 3. The maximum atomic E-state index is 11.7. The fourth-order valence-electron chi connectivity index (χ4n) is 2.21. The van der Waals surface area contributed by atoms with Gasteiger partial charge in [0.25, 0.3) is 14.8 Å². The second-order valence-electron chi connectivity index (χ2n) is 4.30. The highest BCUT2D eigenvalue weighted by atomic mass is 35.7. The van der Waals surface area contributed by atoms with Gasteiger partial charge in [-0.25, -0.2) is 8.42 Å². The molecule has 0 spiro atoms. The highest BCUT2D eigenvalue weighted by Gasteiger charge is 2.50. The Hall–Kier alpha value is -1.31. The summed E-state index contributed by atoms with van der Waals surface area (Å²) >= 11 is 0. The van der Waals surface area contributed by atoms with E-state index in [4.69, 9.17) is 24.9 Å². The van der Waals surface area contributed by atoms with Crippen molar-refractivity contribution < 1.29 is 27.4 Å². The van der Waals surface area contributed by atoms with Crippen LogP contribution in [0.25, 0.3) is 0 Å². The van der Waals surface area contributed by atoms with Gasteiger partial charge in [0, 0.05) is 23.2 Å². The molecule has 0 aromatic heterocycles. The van der Waals surface area contributed by atoms with Crippen LogP contribution in [0.1, 0.15) is 12.5 Å². The molecule has 1 unspecified atom stereocenters. The summed E-state index contributed by atoms with van der Waals surface area (Å²) in [4.78, 5) is 11.6. The zero-order valence-electron chi connectivity index (χ0n) is 9.80. The molecule has 0 saturated carbocycles. The van der Waals surface area contributed by atoms with Gasteiger partial charge in [-0.15, -0.1) is 0 Å². The van der Waals surface area contributed by atoms with Gasteiger partial charge < -0.3 is 9.47 Å². The quantitative estimate of drug-likeness (QED) is 0.764. The zero-order chi connectivity index (χ0) is 13.8. The topological polar surface area (TPSA) is 78.9 Å². The van der Waals surface area contributed by atoms with Crippen molar-refractivity contribution in [1.82, 2.24) is 0 Å². The van der Waals surface area contributed by atoms with Crippen LogP contribution >= 0.6 is 10.7 Å². The second kappa shape index (κ2) is 3.84. The van der Waals surface area contributed by atoms with Gasteiger partial charge in [-0.3, -0.25) is 9.53 Å². The van der Waals surface area contributed by atoms with Crippen molar-refractivity contribution in [2.45, 2.75) is 24.0 Å². The van der Waals surface area contributed by atoms with Gasteiger partial charge in [0.15, 0.2) is 18.3 Å². The Morgan fingerprint density at radius 1 is 1.42 bits per heavy atom. The standard InChI is InChI=1S/C11H9ClO6S/c1-6(13)11-4-7-9(19(12,14)15)3-2-8(10(7)18-11)16-5-17-11/h2-3H,4-5H2,1H3. The Morgan fingerprint density at radius 3 is 2.79 bits per heavy atom. The number of halogens is 1. The summed E-state index contributed by atoms with van der Waals surface area (Å²) in [6, 6.07) is 2.76. The number of hydrogen-bond acceptors (Lipinski definition) is 6. The van der Waals surface area contributed by atoms with Crippen molar-refractivity contribution in [3.05, 3.63) is 17.7 Å². The van der Waals surface area contributed by atoms with Crippen molar-refractivity contribution in [3.63, 3.8) is 0 Å². The monoisotopic (exact) mass is 304 g/mol. The summed E-state index contributed by atoms with van der Waals surface area (Å²) in [6.07, 6.45) is -0.00382. The summed E-state index contributed by atoms with van der Waals surface area (Å²) in [5, 5.41) is 0. The minimum absolute atomic E-state index is 0.00382. The van der Waals surface area contributed by atoms with E-state index in [0.29, 0.717) is 11.3 Å². The smallest absolute Gasteiger partial charge is 0.277 e. The summed E-state index contributed by atoms with van der Waals surface area (Å²) in [6.45, 7) is 1.17. The van der Waals surface area contributed by atoms with Crippen LogP contribution < -0.4 is 9.47 Å². The lowest BCUT2D eigenvalue weighted by molar-refractivity contribution is -0.196. The van der Waals surface area contributed by atoms with E-state index < -0.39 is 14.8 Å². The van der Waals surface area contributed by atoms with Gasteiger partial charge in [-0.1, -0.05) is 0 Å². The van der Waals surface area contributed by atoms with Crippen molar-refractivity contribution in [2.24, 2.45) is 0 Å². The molecule has 1 atom stereocenters. The molecule has 102 valence electrons. The van der Waals surface area contributed by atoms with E-state index in [2.05, 4.69) is 0 Å². The predicted molar refractivity (Wildman–Crippen MR) is 63.8 cm³/mol. The van der Waals surface area contributed by atoms with Crippen LogP contribution in [0.15, 0.2) is 17.0 Å². The number of rotatable bonds is 2. The molecular formula is C11H9ClO6S. The molecule has 6 nitrogen and oxygen atoms in total. The number of hydrogen-bond donors (Lipinski definition) is 0. The summed E-state index contributed by atoms with van der Waals surface area (Å²) in [7, 11) is 1.44. The van der Waals surface area contributed by atoms with E-state index in [9.17, 15) is 13.2 Å². The normalized spacial score (nSPS) is 24.3. The Kier molecular flexibility index (Phi) is 2.57. The number of benzene rings is 1. The first-order valence-corrected chi connectivity index (χ1v) is 7.72. The van der Waals surface area contributed by atoms with E-state index in [1.54, 1.807) is 0 Å². The number of ketones is 1. The van der Waals surface area contributed by atoms with Crippen LogP contribution in [-0.2, 0) is 25.0 Å². The molecule has 0 saturated heterocycles. The molecular weight excluding hydrogens is 296 g/mol. The van der Waals surface area contributed by atoms with Gasteiger partial charge in [0.2, 0.25) is 5.78 Å². The summed E-state index contributed by atoms with van der Waals surface area (Å²) < 4.78 is 39.1. The molecule has 2 heterocycles. The number of carbonyl (C=O) groups excluding carboxylic acids is 1. The molecule has 1 aromatic carbocycles. The fraction of sp³-hybridized carbons (Fsp3) is 0.364. The first-order chi connectivity index (χ1) is 8.83. The highest BCUT2D eigenvalue weighted by Crippen LogP contribution is 2.48. The maximum absolute atomic E-state index is 11.7. The second-order valence-corrected chi connectivity index (χ2v) is 6.84.